The average molecular weight is 387 g/mol. The van der Waals surface area contributed by atoms with Crippen molar-refractivity contribution in [1.29, 1.82) is 0 Å². The molecule has 1 aromatic heterocycles. The molecule has 0 spiro atoms. The van der Waals surface area contributed by atoms with Gasteiger partial charge in [-0.2, -0.15) is 0 Å². The fourth-order valence-electron chi connectivity index (χ4n) is 3.73. The highest BCUT2D eigenvalue weighted by Gasteiger charge is 2.33. The monoisotopic (exact) mass is 386 g/mol. The zero-order valence-electron chi connectivity index (χ0n) is 15.7. The van der Waals surface area contributed by atoms with E-state index >= 15 is 0 Å². The van der Waals surface area contributed by atoms with Crippen LogP contribution in [0.5, 0.6) is 5.75 Å². The van der Waals surface area contributed by atoms with Crippen molar-refractivity contribution in [3.63, 3.8) is 0 Å². The highest BCUT2D eigenvalue weighted by atomic mass is 32.1. The number of anilines is 1. The van der Waals surface area contributed by atoms with Crippen LogP contribution in [0.3, 0.4) is 0 Å². The maximum absolute atomic E-state index is 12.9. The van der Waals surface area contributed by atoms with Gasteiger partial charge in [0, 0.05) is 17.5 Å². The van der Waals surface area contributed by atoms with Gasteiger partial charge in [0.05, 0.1) is 13.7 Å². The molecule has 6 nitrogen and oxygen atoms in total. The number of nitrogens with zero attached hydrogens (tertiary/aromatic N) is 3. The largest absolute Gasteiger partial charge is 0.496 e. The first-order chi connectivity index (χ1) is 13.2. The molecular formula is C20H26N4O2S. The molecule has 1 aromatic carbocycles. The molecule has 2 aliphatic carbocycles. The van der Waals surface area contributed by atoms with E-state index in [1.807, 2.05) is 29.2 Å². The summed E-state index contributed by atoms with van der Waals surface area (Å²) in [5.41, 5.74) is 1.02. The van der Waals surface area contributed by atoms with E-state index in [2.05, 4.69) is 15.5 Å². The maximum Gasteiger partial charge on any atom is 0.324 e. The number of ether oxygens (including phenoxy) is 1. The number of nitrogens with one attached hydrogen (secondary N) is 1. The fraction of sp³-hybridized carbons (Fsp3) is 0.550. The van der Waals surface area contributed by atoms with Crippen LogP contribution in [0.1, 0.15) is 61.4 Å². The van der Waals surface area contributed by atoms with E-state index in [0.29, 0.717) is 23.6 Å². The summed E-state index contributed by atoms with van der Waals surface area (Å²) >= 11 is 1.53. The second kappa shape index (κ2) is 8.25. The van der Waals surface area contributed by atoms with Gasteiger partial charge in [0.25, 0.3) is 0 Å². The van der Waals surface area contributed by atoms with Crippen LogP contribution >= 0.6 is 11.3 Å². The molecule has 2 amide bonds. The van der Waals surface area contributed by atoms with Crippen molar-refractivity contribution in [3.8, 4) is 5.75 Å². The van der Waals surface area contributed by atoms with Crippen molar-refractivity contribution in [3.05, 3.63) is 34.8 Å². The number of aromatic nitrogens is 2. The molecule has 144 valence electrons. The Bertz CT molecular complexity index is 784. The third-order valence-corrected chi connectivity index (χ3v) is 6.39. The lowest BCUT2D eigenvalue weighted by Gasteiger charge is -2.23. The molecule has 2 aliphatic rings. The summed E-state index contributed by atoms with van der Waals surface area (Å²) in [5.74, 6) is 1.32. The van der Waals surface area contributed by atoms with E-state index in [1.54, 1.807) is 7.11 Å². The van der Waals surface area contributed by atoms with Crippen LogP contribution in [0.25, 0.3) is 0 Å². The highest BCUT2D eigenvalue weighted by Crippen LogP contribution is 2.36. The lowest BCUT2D eigenvalue weighted by molar-refractivity contribution is 0.205. The lowest BCUT2D eigenvalue weighted by Crippen LogP contribution is -2.36. The number of amides is 2. The van der Waals surface area contributed by atoms with Crippen molar-refractivity contribution >= 4 is 22.5 Å². The highest BCUT2D eigenvalue weighted by molar-refractivity contribution is 7.15. The van der Waals surface area contributed by atoms with Gasteiger partial charge >= 0.3 is 6.03 Å². The number of benzene rings is 1. The molecule has 0 unspecified atom stereocenters. The lowest BCUT2D eigenvalue weighted by atomic mass is 9.90. The van der Waals surface area contributed by atoms with Crippen LogP contribution in [-0.2, 0) is 6.54 Å². The molecule has 2 fully saturated rings. The Morgan fingerprint density at radius 3 is 2.70 bits per heavy atom. The van der Waals surface area contributed by atoms with Gasteiger partial charge in [-0.15, -0.1) is 10.2 Å². The number of rotatable bonds is 6. The number of hydrogen-bond donors (Lipinski definition) is 1. The van der Waals surface area contributed by atoms with E-state index in [1.165, 1.54) is 43.4 Å². The maximum atomic E-state index is 12.9. The summed E-state index contributed by atoms with van der Waals surface area (Å²) in [6, 6.07) is 8.04. The summed E-state index contributed by atoms with van der Waals surface area (Å²) in [5, 5.41) is 13.2. The zero-order chi connectivity index (χ0) is 18.6. The first-order valence-corrected chi connectivity index (χ1v) is 10.6. The molecule has 2 saturated carbocycles. The van der Waals surface area contributed by atoms with Gasteiger partial charge in [0.15, 0.2) is 0 Å². The molecule has 0 radical (unpaired) electrons. The molecule has 2 aromatic rings. The summed E-state index contributed by atoms with van der Waals surface area (Å²) in [6.45, 7) is 0.537. The SMILES string of the molecule is COc1ccccc1CN(C(=O)Nc1nnc(C2CCCCC2)s1)C1CC1. The third-order valence-electron chi connectivity index (χ3n) is 5.39. The summed E-state index contributed by atoms with van der Waals surface area (Å²) < 4.78 is 5.44. The molecule has 0 saturated heterocycles. The van der Waals surface area contributed by atoms with Gasteiger partial charge in [-0.05, 0) is 31.7 Å². The van der Waals surface area contributed by atoms with Gasteiger partial charge < -0.3 is 9.64 Å². The van der Waals surface area contributed by atoms with E-state index in [9.17, 15) is 4.79 Å². The first kappa shape index (κ1) is 18.2. The smallest absolute Gasteiger partial charge is 0.324 e. The predicted octanol–water partition coefficient (Wildman–Crippen LogP) is 4.79. The van der Waals surface area contributed by atoms with Crippen molar-refractivity contribution in [2.75, 3.05) is 12.4 Å². The predicted molar refractivity (Wildman–Crippen MR) is 106 cm³/mol. The quantitative estimate of drug-likeness (QED) is 0.775. The van der Waals surface area contributed by atoms with Crippen molar-refractivity contribution in [2.45, 2.75) is 63.5 Å². The van der Waals surface area contributed by atoms with Crippen LogP contribution in [0.2, 0.25) is 0 Å². The van der Waals surface area contributed by atoms with Crippen LogP contribution in [-0.4, -0.2) is 34.3 Å². The zero-order valence-corrected chi connectivity index (χ0v) is 16.5. The first-order valence-electron chi connectivity index (χ1n) is 9.77. The normalized spacial score (nSPS) is 17.5. The minimum absolute atomic E-state index is 0.102. The number of methoxy groups -OCH3 is 1. The van der Waals surface area contributed by atoms with Gasteiger partial charge in [0.2, 0.25) is 5.13 Å². The van der Waals surface area contributed by atoms with E-state index < -0.39 is 0 Å². The van der Waals surface area contributed by atoms with Crippen molar-refractivity contribution in [1.82, 2.24) is 15.1 Å². The Labute approximate surface area is 163 Å². The summed E-state index contributed by atoms with van der Waals surface area (Å²) in [6.07, 6.45) is 8.31. The molecule has 4 rings (SSSR count). The Kier molecular flexibility index (Phi) is 5.57. The van der Waals surface area contributed by atoms with Gasteiger partial charge in [-0.3, -0.25) is 5.32 Å². The Hall–Kier alpha value is -2.15. The Balaban J connectivity index is 1.43. The second-order valence-electron chi connectivity index (χ2n) is 7.38. The van der Waals surface area contributed by atoms with Crippen molar-refractivity contribution in [2.24, 2.45) is 0 Å². The molecular weight excluding hydrogens is 360 g/mol. The van der Waals surface area contributed by atoms with E-state index in [0.717, 1.165) is 29.2 Å². The standard InChI is InChI=1S/C20H26N4O2S/c1-26-17-10-6-5-9-15(17)13-24(16-11-12-16)20(25)21-19-23-22-18(27-19)14-7-3-2-4-8-14/h5-6,9-10,14,16H,2-4,7-8,11-13H2,1H3,(H,21,23,25). The van der Waals surface area contributed by atoms with Gasteiger partial charge in [0.1, 0.15) is 10.8 Å². The van der Waals surface area contributed by atoms with Gasteiger partial charge in [-0.1, -0.05) is 48.8 Å². The van der Waals surface area contributed by atoms with Crippen LogP contribution in [0, 0.1) is 0 Å². The van der Waals surface area contributed by atoms with Crippen molar-refractivity contribution < 1.29 is 9.53 Å². The minimum atomic E-state index is -0.102. The number of hydrogen-bond acceptors (Lipinski definition) is 5. The van der Waals surface area contributed by atoms with E-state index in [-0.39, 0.29) is 6.03 Å². The Morgan fingerprint density at radius 1 is 1.19 bits per heavy atom. The molecule has 1 N–H and O–H groups in total. The minimum Gasteiger partial charge on any atom is -0.496 e. The molecule has 7 heteroatoms. The molecule has 27 heavy (non-hydrogen) atoms. The fourth-order valence-corrected chi connectivity index (χ4v) is 4.64. The molecule has 0 atom stereocenters. The van der Waals surface area contributed by atoms with Crippen LogP contribution < -0.4 is 10.1 Å². The third kappa shape index (κ3) is 4.40. The number of para-hydroxylation sites is 1. The number of carbonyl (C=O) groups excluding carboxylic acids is 1. The van der Waals surface area contributed by atoms with E-state index in [4.69, 9.17) is 4.74 Å². The topological polar surface area (TPSA) is 67.3 Å². The molecule has 0 aliphatic heterocycles. The average Bonchev–Trinajstić information content (AvgIpc) is 3.45. The molecule has 0 bridgehead atoms. The van der Waals surface area contributed by atoms with Crippen LogP contribution in [0.4, 0.5) is 9.93 Å². The number of carbonyl (C=O) groups is 1. The second-order valence-corrected chi connectivity index (χ2v) is 8.39. The van der Waals surface area contributed by atoms with Gasteiger partial charge in [-0.25, -0.2) is 4.79 Å². The summed E-state index contributed by atoms with van der Waals surface area (Å²) in [4.78, 5) is 14.8. The Morgan fingerprint density at radius 2 is 1.96 bits per heavy atom. The number of urea groups is 1. The summed E-state index contributed by atoms with van der Waals surface area (Å²) in [7, 11) is 1.66. The molecule has 1 heterocycles. The van der Waals surface area contributed by atoms with Crippen LogP contribution in [0.15, 0.2) is 24.3 Å².